The second-order valence-electron chi connectivity index (χ2n) is 5.03. The Balaban J connectivity index is 2.19. The highest BCUT2D eigenvalue weighted by Crippen LogP contribution is 2.24. The van der Waals surface area contributed by atoms with Crippen molar-refractivity contribution in [1.29, 1.82) is 0 Å². The monoisotopic (exact) mass is 249 g/mol. The summed E-state index contributed by atoms with van der Waals surface area (Å²) in [4.78, 5) is 13.1. The molecule has 0 radical (unpaired) electrons. The van der Waals surface area contributed by atoms with Gasteiger partial charge in [0.2, 0.25) is 0 Å². The van der Waals surface area contributed by atoms with E-state index < -0.39 is 0 Å². The fraction of sp³-hybridized carbons (Fsp3) is 0.692. The minimum absolute atomic E-state index is 0.550. The van der Waals surface area contributed by atoms with Crippen LogP contribution in [0.15, 0.2) is 12.4 Å². The number of hydrogen-bond acceptors (Lipinski definition) is 5. The van der Waals surface area contributed by atoms with Crippen LogP contribution in [0.4, 0.5) is 11.6 Å². The largest absolute Gasteiger partial charge is 0.363 e. The van der Waals surface area contributed by atoms with Crippen LogP contribution in [0.3, 0.4) is 0 Å². The number of likely N-dealkylation sites (N-methyl/N-ethyl adjacent to an activating group) is 1. The summed E-state index contributed by atoms with van der Waals surface area (Å²) in [5.74, 6) is 2.02. The van der Waals surface area contributed by atoms with Crippen LogP contribution in [0.1, 0.15) is 19.3 Å². The Labute approximate surface area is 109 Å². The zero-order valence-corrected chi connectivity index (χ0v) is 11.6. The van der Waals surface area contributed by atoms with Gasteiger partial charge in [-0.25, -0.2) is 9.97 Å². The fourth-order valence-corrected chi connectivity index (χ4v) is 2.49. The number of rotatable bonds is 4. The topological polar surface area (TPSA) is 44.3 Å². The molecule has 0 aliphatic carbocycles. The zero-order chi connectivity index (χ0) is 13.0. The van der Waals surface area contributed by atoms with E-state index >= 15 is 0 Å². The molecule has 0 aromatic carbocycles. The molecule has 0 spiro atoms. The van der Waals surface area contributed by atoms with E-state index in [0.717, 1.165) is 24.7 Å². The Hall–Kier alpha value is -1.36. The molecular formula is C13H23N5. The highest BCUT2D eigenvalue weighted by molar-refractivity contribution is 5.50. The van der Waals surface area contributed by atoms with Gasteiger partial charge in [-0.1, -0.05) is 0 Å². The third kappa shape index (κ3) is 2.90. The summed E-state index contributed by atoms with van der Waals surface area (Å²) in [5.41, 5.74) is 0. The van der Waals surface area contributed by atoms with Gasteiger partial charge < -0.3 is 15.1 Å². The molecular weight excluding hydrogens is 226 g/mol. The van der Waals surface area contributed by atoms with Crippen molar-refractivity contribution in [2.24, 2.45) is 0 Å². The highest BCUT2D eigenvalue weighted by atomic mass is 15.2. The van der Waals surface area contributed by atoms with Gasteiger partial charge in [-0.2, -0.15) is 0 Å². The van der Waals surface area contributed by atoms with Crippen molar-refractivity contribution in [3.8, 4) is 0 Å². The SMILES string of the molecule is CNCC1CCCCN1c1cc(N(C)C)ncn1. The summed E-state index contributed by atoms with van der Waals surface area (Å²) >= 11 is 0. The van der Waals surface area contributed by atoms with Gasteiger partial charge in [-0.05, 0) is 26.3 Å². The van der Waals surface area contributed by atoms with Crippen LogP contribution in [0, 0.1) is 0 Å². The molecule has 100 valence electrons. The molecule has 2 heterocycles. The molecule has 1 aliphatic heterocycles. The minimum atomic E-state index is 0.550. The molecule has 5 nitrogen and oxygen atoms in total. The molecule has 2 rings (SSSR count). The average molecular weight is 249 g/mol. The van der Waals surface area contributed by atoms with E-state index in [1.165, 1.54) is 19.3 Å². The summed E-state index contributed by atoms with van der Waals surface area (Å²) in [6.45, 7) is 2.11. The maximum absolute atomic E-state index is 4.44. The van der Waals surface area contributed by atoms with E-state index in [9.17, 15) is 0 Å². The molecule has 1 saturated heterocycles. The highest BCUT2D eigenvalue weighted by Gasteiger charge is 2.23. The second kappa shape index (κ2) is 6.00. The molecule has 5 heteroatoms. The number of nitrogens with zero attached hydrogens (tertiary/aromatic N) is 4. The molecule has 0 saturated carbocycles. The Morgan fingerprint density at radius 2 is 2.22 bits per heavy atom. The maximum Gasteiger partial charge on any atom is 0.134 e. The van der Waals surface area contributed by atoms with Gasteiger partial charge in [0.1, 0.15) is 18.0 Å². The number of anilines is 2. The van der Waals surface area contributed by atoms with Crippen molar-refractivity contribution < 1.29 is 0 Å². The first kappa shape index (κ1) is 13.1. The lowest BCUT2D eigenvalue weighted by Crippen LogP contribution is -2.45. The molecule has 0 bridgehead atoms. The predicted octanol–water partition coefficient (Wildman–Crippen LogP) is 1.12. The van der Waals surface area contributed by atoms with Crippen LogP contribution < -0.4 is 15.1 Å². The van der Waals surface area contributed by atoms with Crippen LogP contribution in [0.2, 0.25) is 0 Å². The van der Waals surface area contributed by atoms with Crippen LogP contribution in [-0.4, -0.2) is 50.2 Å². The van der Waals surface area contributed by atoms with Gasteiger partial charge in [-0.3, -0.25) is 0 Å². The zero-order valence-electron chi connectivity index (χ0n) is 11.6. The molecule has 1 aliphatic rings. The Kier molecular flexibility index (Phi) is 4.36. The average Bonchev–Trinajstić information content (AvgIpc) is 2.40. The van der Waals surface area contributed by atoms with E-state index in [-0.39, 0.29) is 0 Å². The molecule has 1 aromatic heterocycles. The molecule has 1 aromatic rings. The van der Waals surface area contributed by atoms with E-state index in [1.54, 1.807) is 6.33 Å². The van der Waals surface area contributed by atoms with Gasteiger partial charge in [0.15, 0.2) is 0 Å². The third-order valence-corrected chi connectivity index (χ3v) is 3.46. The van der Waals surface area contributed by atoms with Crippen LogP contribution in [-0.2, 0) is 0 Å². The first-order valence-electron chi connectivity index (χ1n) is 6.63. The summed E-state index contributed by atoms with van der Waals surface area (Å²) < 4.78 is 0. The van der Waals surface area contributed by atoms with E-state index in [2.05, 4.69) is 26.3 Å². The Bertz CT molecular complexity index is 377. The van der Waals surface area contributed by atoms with Crippen molar-refractivity contribution in [2.75, 3.05) is 44.0 Å². The lowest BCUT2D eigenvalue weighted by Gasteiger charge is -2.36. The molecule has 1 fully saturated rings. The van der Waals surface area contributed by atoms with Gasteiger partial charge in [0, 0.05) is 39.3 Å². The third-order valence-electron chi connectivity index (χ3n) is 3.46. The van der Waals surface area contributed by atoms with Crippen molar-refractivity contribution >= 4 is 11.6 Å². The van der Waals surface area contributed by atoms with Gasteiger partial charge in [0.25, 0.3) is 0 Å². The van der Waals surface area contributed by atoms with Crippen molar-refractivity contribution in [3.63, 3.8) is 0 Å². The van der Waals surface area contributed by atoms with Gasteiger partial charge in [0.05, 0.1) is 0 Å². The first-order chi connectivity index (χ1) is 8.72. The van der Waals surface area contributed by atoms with E-state index in [4.69, 9.17) is 0 Å². The second-order valence-corrected chi connectivity index (χ2v) is 5.03. The predicted molar refractivity (Wildman–Crippen MR) is 75.3 cm³/mol. The van der Waals surface area contributed by atoms with Gasteiger partial charge >= 0.3 is 0 Å². The minimum Gasteiger partial charge on any atom is -0.363 e. The molecule has 1 N–H and O–H groups in total. The lowest BCUT2D eigenvalue weighted by atomic mass is 10.0. The number of piperidine rings is 1. The Morgan fingerprint density at radius 3 is 2.94 bits per heavy atom. The van der Waals surface area contributed by atoms with E-state index in [1.807, 2.05) is 26.0 Å². The maximum atomic E-state index is 4.44. The summed E-state index contributed by atoms with van der Waals surface area (Å²) in [6, 6.07) is 2.63. The molecule has 0 amide bonds. The molecule has 18 heavy (non-hydrogen) atoms. The smallest absolute Gasteiger partial charge is 0.134 e. The van der Waals surface area contributed by atoms with E-state index in [0.29, 0.717) is 6.04 Å². The Morgan fingerprint density at radius 1 is 1.39 bits per heavy atom. The first-order valence-corrected chi connectivity index (χ1v) is 6.63. The molecule has 1 unspecified atom stereocenters. The van der Waals surface area contributed by atoms with Gasteiger partial charge in [-0.15, -0.1) is 0 Å². The lowest BCUT2D eigenvalue weighted by molar-refractivity contribution is 0.443. The quantitative estimate of drug-likeness (QED) is 0.866. The number of hydrogen-bond donors (Lipinski definition) is 1. The summed E-state index contributed by atoms with van der Waals surface area (Å²) in [7, 11) is 6.03. The van der Waals surface area contributed by atoms with Crippen LogP contribution in [0.5, 0.6) is 0 Å². The fourth-order valence-electron chi connectivity index (χ4n) is 2.49. The van der Waals surface area contributed by atoms with Crippen molar-refractivity contribution in [2.45, 2.75) is 25.3 Å². The molecule has 1 atom stereocenters. The van der Waals surface area contributed by atoms with Crippen molar-refractivity contribution in [1.82, 2.24) is 15.3 Å². The summed E-state index contributed by atoms with van der Waals surface area (Å²) in [5, 5.41) is 3.28. The number of nitrogens with one attached hydrogen (secondary N) is 1. The standard InChI is InChI=1S/C13H23N5/c1-14-9-11-6-4-5-7-18(11)13-8-12(17(2)3)15-10-16-13/h8,10-11,14H,4-7,9H2,1-3H3. The summed E-state index contributed by atoms with van der Waals surface area (Å²) in [6.07, 6.45) is 5.47. The van der Waals surface area contributed by atoms with Crippen molar-refractivity contribution in [3.05, 3.63) is 12.4 Å². The van der Waals surface area contributed by atoms with Crippen LogP contribution in [0.25, 0.3) is 0 Å². The normalized spacial score (nSPS) is 19.9. The van der Waals surface area contributed by atoms with Crippen LogP contribution >= 0.6 is 0 Å². The number of aromatic nitrogens is 2.